The lowest BCUT2D eigenvalue weighted by Crippen LogP contribution is -2.02. The van der Waals surface area contributed by atoms with E-state index in [9.17, 15) is 56.0 Å². The molecule has 0 fully saturated rings. The summed E-state index contributed by atoms with van der Waals surface area (Å²) in [6.07, 6.45) is 0. The van der Waals surface area contributed by atoms with Gasteiger partial charge < -0.3 is 31.9 Å². The van der Waals surface area contributed by atoms with Crippen molar-refractivity contribution in [3.8, 4) is 22.6 Å². The number of nitrogen functional groups attached to an aromatic ring is 2. The number of aromatic hydroxyl groups is 2. The number of anilines is 2. The monoisotopic (exact) mass is 1020 g/mol. The van der Waals surface area contributed by atoms with Gasteiger partial charge in [-0.15, -0.1) is 20.5 Å². The van der Waals surface area contributed by atoms with Crippen LogP contribution >= 0.6 is 45.2 Å². The van der Waals surface area contributed by atoms with Gasteiger partial charge in [-0.1, -0.05) is 24.3 Å². The molecule has 0 spiro atoms. The Bertz CT molecular complexity index is 2810. The molecule has 56 heavy (non-hydrogen) atoms. The molecule has 0 atom stereocenters. The van der Waals surface area contributed by atoms with E-state index in [1.54, 1.807) is 45.2 Å². The van der Waals surface area contributed by atoms with Crippen LogP contribution in [0.1, 0.15) is 20.7 Å². The van der Waals surface area contributed by atoms with Gasteiger partial charge in [-0.2, -0.15) is 16.8 Å². The molecule has 0 aromatic heterocycles. The third-order valence-corrected chi connectivity index (χ3v) is 11.8. The molecule has 0 bridgehead atoms. The van der Waals surface area contributed by atoms with Crippen LogP contribution < -0.4 is 11.5 Å². The summed E-state index contributed by atoms with van der Waals surface area (Å²) in [4.78, 5) is 23.4. The van der Waals surface area contributed by atoms with Gasteiger partial charge >= 0.3 is 11.9 Å². The molecule has 10 N–H and O–H groups in total. The second-order valence-electron chi connectivity index (χ2n) is 11.7. The average Bonchev–Trinajstić information content (AvgIpc) is 3.12. The molecule has 6 rings (SSSR count). The van der Waals surface area contributed by atoms with Crippen molar-refractivity contribution < 1.29 is 56.0 Å². The largest absolute Gasteiger partial charge is 0.506 e. The zero-order valence-corrected chi connectivity index (χ0v) is 33.5. The van der Waals surface area contributed by atoms with E-state index in [2.05, 4.69) is 20.5 Å². The van der Waals surface area contributed by atoms with Crippen molar-refractivity contribution in [3.05, 3.63) is 91.1 Å². The number of halogens is 2. The Balaban J connectivity index is 1.40. The third kappa shape index (κ3) is 7.52. The van der Waals surface area contributed by atoms with E-state index in [1.165, 1.54) is 60.7 Å². The maximum Gasteiger partial charge on any atom is 0.337 e. The fraction of sp³-hybridized carbons (Fsp3) is 0. The number of fused-ring (bicyclic) bond motifs is 2. The number of carbonyl (C=O) groups is 2. The van der Waals surface area contributed by atoms with Crippen molar-refractivity contribution in [2.75, 3.05) is 11.5 Å². The number of phenolic OH excluding ortho intramolecular Hbond substituents is 2. The predicted molar refractivity (Wildman–Crippen MR) is 219 cm³/mol. The molecular formula is C34H22I2N6O12S2. The first-order chi connectivity index (χ1) is 26.2. The molecule has 0 unspecified atom stereocenters. The minimum absolute atomic E-state index is 0.0927. The van der Waals surface area contributed by atoms with Crippen molar-refractivity contribution in [2.45, 2.75) is 9.79 Å². The SMILES string of the molecule is Nc1c(N=Nc2ccc(-c3ccc(N=Nc4cc(S(=O)(=O)O)c5ccc(I)c(O)c5c4N)c(C(=O)O)c3)cc2C(=O)O)cc(S(=O)(=O)O)c2ccc(I)c(O)c12. The third-order valence-electron chi connectivity index (χ3n) is 8.29. The maximum absolute atomic E-state index is 12.3. The highest BCUT2D eigenvalue weighted by atomic mass is 127. The number of aromatic carboxylic acids is 2. The van der Waals surface area contributed by atoms with E-state index in [4.69, 9.17) is 11.5 Å². The number of hydrogen-bond donors (Lipinski definition) is 8. The quantitative estimate of drug-likeness (QED) is 0.0293. The average molecular weight is 1020 g/mol. The Morgan fingerprint density at radius 1 is 0.536 bits per heavy atom. The highest BCUT2D eigenvalue weighted by Gasteiger charge is 2.24. The molecular weight excluding hydrogens is 1000 g/mol. The minimum Gasteiger partial charge on any atom is -0.506 e. The summed E-state index contributed by atoms with van der Waals surface area (Å²) in [6.45, 7) is 0. The summed E-state index contributed by atoms with van der Waals surface area (Å²) in [7, 11) is -9.71. The number of nitrogens with zero attached hydrogens (tertiary/aromatic N) is 4. The molecule has 0 aliphatic rings. The molecule has 286 valence electrons. The Morgan fingerprint density at radius 2 is 0.875 bits per heavy atom. The fourth-order valence-electron chi connectivity index (χ4n) is 5.66. The molecule has 0 saturated heterocycles. The van der Waals surface area contributed by atoms with Crippen LogP contribution in [0, 0.1) is 7.14 Å². The van der Waals surface area contributed by atoms with Crippen molar-refractivity contribution in [1.82, 2.24) is 0 Å². The van der Waals surface area contributed by atoms with E-state index in [0.717, 1.165) is 12.1 Å². The lowest BCUT2D eigenvalue weighted by molar-refractivity contribution is 0.0686. The Morgan fingerprint density at radius 3 is 1.20 bits per heavy atom. The first-order valence-corrected chi connectivity index (χ1v) is 20.2. The van der Waals surface area contributed by atoms with E-state index < -0.39 is 53.1 Å². The number of hydrogen-bond acceptors (Lipinski definition) is 14. The second-order valence-corrected chi connectivity index (χ2v) is 16.8. The van der Waals surface area contributed by atoms with Crippen molar-refractivity contribution >= 4 is 133 Å². The van der Waals surface area contributed by atoms with E-state index in [0.29, 0.717) is 7.14 Å². The summed E-state index contributed by atoms with van der Waals surface area (Å²) in [6, 6.07) is 14.9. The van der Waals surface area contributed by atoms with E-state index in [1.807, 2.05) is 0 Å². The summed E-state index contributed by atoms with van der Waals surface area (Å²) >= 11 is 3.58. The van der Waals surface area contributed by atoms with Crippen LogP contribution in [0.2, 0.25) is 0 Å². The molecule has 0 radical (unpaired) electrons. The van der Waals surface area contributed by atoms with Crippen LogP contribution in [0.3, 0.4) is 0 Å². The van der Waals surface area contributed by atoms with Gasteiger partial charge in [0.25, 0.3) is 20.2 Å². The lowest BCUT2D eigenvalue weighted by atomic mass is 9.99. The molecule has 22 heteroatoms. The normalized spacial score (nSPS) is 12.3. The van der Waals surface area contributed by atoms with Crippen LogP contribution in [0.25, 0.3) is 32.7 Å². The van der Waals surface area contributed by atoms with Gasteiger partial charge in [-0.05, 0) is 105 Å². The first kappa shape index (κ1) is 40.1. The van der Waals surface area contributed by atoms with Crippen LogP contribution in [-0.2, 0) is 20.2 Å². The van der Waals surface area contributed by atoms with Crippen LogP contribution in [0.4, 0.5) is 34.1 Å². The first-order valence-electron chi connectivity index (χ1n) is 15.2. The van der Waals surface area contributed by atoms with Crippen molar-refractivity contribution in [2.24, 2.45) is 20.5 Å². The fourth-order valence-corrected chi connectivity index (χ4v) is 7.98. The molecule has 0 saturated carbocycles. The summed E-state index contributed by atoms with van der Waals surface area (Å²) in [5, 5.41) is 56.7. The molecule has 18 nitrogen and oxygen atoms in total. The lowest BCUT2D eigenvalue weighted by Gasteiger charge is -2.12. The summed E-state index contributed by atoms with van der Waals surface area (Å²) in [5.74, 6) is -3.71. The molecule has 0 aliphatic carbocycles. The topological polar surface area (TPSA) is 325 Å². The van der Waals surface area contributed by atoms with Crippen LogP contribution in [0.15, 0.2) is 103 Å². The standard InChI is InChI=1S/C34H22I2N6O12S2/c35-19-5-3-15-25(55(49,50)51)11-23(29(37)27(15)31(19)43)41-39-21-7-1-13(9-17(21)33(45)46)14-2-8-22(18(10-14)34(47)48)40-42-24-12-26(56(52,53)54)16-4-6-20(36)32(44)28(16)30(24)38/h1-12,43-44H,37-38H2,(H,45,46)(H,47,48)(H,49,50,51)(H,52,53,54). The Kier molecular flexibility index (Phi) is 10.6. The second kappa shape index (κ2) is 14.8. The van der Waals surface area contributed by atoms with E-state index >= 15 is 0 Å². The number of rotatable bonds is 9. The van der Waals surface area contributed by atoms with Gasteiger partial charge in [-0.3, -0.25) is 9.11 Å². The van der Waals surface area contributed by atoms with Gasteiger partial charge in [0.05, 0.1) is 40.4 Å². The van der Waals surface area contributed by atoms with Gasteiger partial charge in [0.2, 0.25) is 0 Å². The maximum atomic E-state index is 12.3. The predicted octanol–water partition coefficient (Wildman–Crippen LogP) is 8.17. The molecule has 6 aromatic carbocycles. The molecule has 0 amide bonds. The van der Waals surface area contributed by atoms with Crippen molar-refractivity contribution in [3.63, 3.8) is 0 Å². The molecule has 0 heterocycles. The zero-order chi connectivity index (χ0) is 41.0. The molecule has 0 aliphatic heterocycles. The number of carboxylic acids is 2. The van der Waals surface area contributed by atoms with Crippen LogP contribution in [-0.4, -0.2) is 58.3 Å². The molecule has 6 aromatic rings. The van der Waals surface area contributed by atoms with Crippen LogP contribution in [0.5, 0.6) is 11.5 Å². The van der Waals surface area contributed by atoms with Gasteiger partial charge in [0.15, 0.2) is 0 Å². The smallest absolute Gasteiger partial charge is 0.337 e. The zero-order valence-electron chi connectivity index (χ0n) is 27.6. The van der Waals surface area contributed by atoms with Gasteiger partial charge in [0.1, 0.15) is 44.0 Å². The highest BCUT2D eigenvalue weighted by Crippen LogP contribution is 2.45. The van der Waals surface area contributed by atoms with Gasteiger partial charge in [0, 0.05) is 10.8 Å². The highest BCUT2D eigenvalue weighted by molar-refractivity contribution is 14.1. The van der Waals surface area contributed by atoms with Gasteiger partial charge in [-0.25, -0.2) is 9.59 Å². The number of carboxylic acid groups (broad SMARTS) is 2. The number of benzene rings is 6. The Labute approximate surface area is 342 Å². The Hall–Kier alpha value is -5.54. The number of azo groups is 2. The van der Waals surface area contributed by atoms with E-state index in [-0.39, 0.29) is 78.3 Å². The number of phenols is 2. The number of nitrogens with two attached hydrogens (primary N) is 2. The minimum atomic E-state index is -4.86. The summed E-state index contributed by atoms with van der Waals surface area (Å²) in [5.41, 5.74) is 10.5. The summed E-state index contributed by atoms with van der Waals surface area (Å²) < 4.78 is 69.1. The van der Waals surface area contributed by atoms with Crippen molar-refractivity contribution in [1.29, 1.82) is 0 Å².